The Labute approximate surface area is 181 Å². The van der Waals surface area contributed by atoms with E-state index in [0.717, 1.165) is 22.0 Å². The number of anilines is 1. The van der Waals surface area contributed by atoms with Gasteiger partial charge in [-0.2, -0.15) is 0 Å². The van der Waals surface area contributed by atoms with Gasteiger partial charge in [0.05, 0.1) is 5.52 Å². The molecule has 1 aliphatic rings. The third-order valence-corrected chi connectivity index (χ3v) is 6.10. The molecule has 4 rings (SSSR count). The predicted octanol–water partition coefficient (Wildman–Crippen LogP) is 4.01. The number of pyridine rings is 1. The highest BCUT2D eigenvalue weighted by Gasteiger charge is 2.26. The van der Waals surface area contributed by atoms with Crippen LogP contribution in [0, 0.1) is 0 Å². The van der Waals surface area contributed by atoms with Crippen molar-refractivity contribution < 1.29 is 9.59 Å². The van der Waals surface area contributed by atoms with E-state index in [9.17, 15) is 14.4 Å². The Hall–Kier alpha value is -3.41. The minimum absolute atomic E-state index is 0.0253. The van der Waals surface area contributed by atoms with Gasteiger partial charge >= 0.3 is 0 Å². The van der Waals surface area contributed by atoms with Gasteiger partial charge in [0.1, 0.15) is 0 Å². The van der Waals surface area contributed by atoms with Gasteiger partial charge in [-0.25, -0.2) is 0 Å². The maximum Gasteiger partial charge on any atom is 0.258 e. The number of hydrogen-bond acceptors (Lipinski definition) is 3. The van der Waals surface area contributed by atoms with E-state index in [4.69, 9.17) is 0 Å². The number of rotatable bonds is 4. The fourth-order valence-electron chi connectivity index (χ4n) is 4.30. The molecular formula is C25H27N3O3. The van der Waals surface area contributed by atoms with Crippen molar-refractivity contribution in [3.63, 3.8) is 0 Å². The molecule has 0 N–H and O–H groups in total. The highest BCUT2D eigenvalue weighted by atomic mass is 16.2. The maximum absolute atomic E-state index is 13.3. The molecule has 0 radical (unpaired) electrons. The Balaban J connectivity index is 1.76. The number of aryl methyl sites for hydroxylation is 1. The summed E-state index contributed by atoms with van der Waals surface area (Å²) in [6.45, 7) is 7.19. The first-order valence-electron chi connectivity index (χ1n) is 10.6. The van der Waals surface area contributed by atoms with Crippen molar-refractivity contribution in [3.8, 4) is 0 Å². The van der Waals surface area contributed by atoms with Gasteiger partial charge < -0.3 is 14.4 Å². The molecule has 6 nitrogen and oxygen atoms in total. The number of nitrogens with zero attached hydrogens (tertiary/aromatic N) is 3. The Kier molecular flexibility index (Phi) is 5.17. The lowest BCUT2D eigenvalue weighted by Gasteiger charge is -2.20. The van der Waals surface area contributed by atoms with E-state index in [1.165, 1.54) is 0 Å². The van der Waals surface area contributed by atoms with Crippen molar-refractivity contribution in [2.75, 3.05) is 19.0 Å². The number of amides is 2. The molecule has 1 aliphatic heterocycles. The summed E-state index contributed by atoms with van der Waals surface area (Å²) in [6, 6.07) is 12.7. The van der Waals surface area contributed by atoms with Gasteiger partial charge in [0.2, 0.25) is 0 Å². The summed E-state index contributed by atoms with van der Waals surface area (Å²) in [5, 5.41) is 0.918. The lowest BCUT2D eigenvalue weighted by atomic mass is 9.97. The highest BCUT2D eigenvalue weighted by Crippen LogP contribution is 2.29. The summed E-state index contributed by atoms with van der Waals surface area (Å²) in [4.78, 5) is 41.4. The van der Waals surface area contributed by atoms with Crippen LogP contribution in [0.2, 0.25) is 0 Å². The van der Waals surface area contributed by atoms with Crippen LogP contribution in [0.15, 0.2) is 47.3 Å². The molecule has 3 aromatic rings. The van der Waals surface area contributed by atoms with E-state index in [1.807, 2.05) is 45.0 Å². The first-order chi connectivity index (χ1) is 14.7. The van der Waals surface area contributed by atoms with E-state index < -0.39 is 0 Å². The van der Waals surface area contributed by atoms with Crippen molar-refractivity contribution in [1.29, 1.82) is 0 Å². The Morgan fingerprint density at radius 3 is 2.52 bits per heavy atom. The number of carbonyl (C=O) groups excluding carboxylic acids is 2. The van der Waals surface area contributed by atoms with Crippen molar-refractivity contribution in [1.82, 2.24) is 9.47 Å². The van der Waals surface area contributed by atoms with Crippen LogP contribution in [0.1, 0.15) is 58.5 Å². The molecule has 2 heterocycles. The largest absolute Gasteiger partial charge is 0.337 e. The second kappa shape index (κ2) is 7.69. The fraction of sp³-hybridized carbons (Fsp3) is 0.320. The number of carbonyl (C=O) groups is 2. The number of hydrogen-bond donors (Lipinski definition) is 0. The van der Waals surface area contributed by atoms with Crippen LogP contribution in [0.5, 0.6) is 0 Å². The third kappa shape index (κ3) is 3.42. The molecule has 0 atom stereocenters. The average molecular weight is 418 g/mol. The predicted molar refractivity (Wildman–Crippen MR) is 123 cm³/mol. The van der Waals surface area contributed by atoms with Gasteiger partial charge in [0.25, 0.3) is 17.4 Å². The van der Waals surface area contributed by atoms with Crippen LogP contribution >= 0.6 is 0 Å². The molecule has 2 aromatic carbocycles. The van der Waals surface area contributed by atoms with E-state index in [0.29, 0.717) is 29.9 Å². The maximum atomic E-state index is 13.3. The van der Waals surface area contributed by atoms with Gasteiger partial charge in [-0.3, -0.25) is 14.4 Å². The molecule has 0 unspecified atom stereocenters. The van der Waals surface area contributed by atoms with Gasteiger partial charge in [0.15, 0.2) is 0 Å². The molecule has 6 heteroatoms. The minimum Gasteiger partial charge on any atom is -0.337 e. The lowest BCUT2D eigenvalue weighted by Crippen LogP contribution is -2.27. The molecule has 0 saturated carbocycles. The average Bonchev–Trinajstić information content (AvgIpc) is 3.04. The number of aromatic nitrogens is 1. The molecule has 0 bridgehead atoms. The molecule has 0 saturated heterocycles. The quantitative estimate of drug-likeness (QED) is 0.644. The molecular weight excluding hydrogens is 390 g/mol. The molecule has 0 spiro atoms. The molecule has 1 aromatic heterocycles. The van der Waals surface area contributed by atoms with Crippen LogP contribution in [0.25, 0.3) is 10.9 Å². The monoisotopic (exact) mass is 417 g/mol. The zero-order chi connectivity index (χ0) is 22.4. The fourth-order valence-corrected chi connectivity index (χ4v) is 4.30. The lowest BCUT2D eigenvalue weighted by molar-refractivity contribution is 0.0816. The van der Waals surface area contributed by atoms with Gasteiger partial charge in [-0.05, 0) is 54.3 Å². The van der Waals surface area contributed by atoms with E-state index in [2.05, 4.69) is 0 Å². The van der Waals surface area contributed by atoms with Gasteiger partial charge in [0, 0.05) is 55.5 Å². The number of fused-ring (bicyclic) bond motifs is 2. The summed E-state index contributed by atoms with van der Waals surface area (Å²) in [5.41, 5.74) is 4.59. The van der Waals surface area contributed by atoms with Crippen molar-refractivity contribution in [3.05, 3.63) is 75.1 Å². The topological polar surface area (TPSA) is 62.6 Å². The third-order valence-electron chi connectivity index (χ3n) is 6.10. The van der Waals surface area contributed by atoms with Crippen LogP contribution in [-0.2, 0) is 13.1 Å². The second-order valence-corrected chi connectivity index (χ2v) is 8.44. The molecule has 160 valence electrons. The summed E-state index contributed by atoms with van der Waals surface area (Å²) in [6.07, 6.45) is 0. The Bertz CT molecular complexity index is 1270. The summed E-state index contributed by atoms with van der Waals surface area (Å²) >= 11 is 0. The van der Waals surface area contributed by atoms with Crippen molar-refractivity contribution in [2.24, 2.45) is 0 Å². The summed E-state index contributed by atoms with van der Waals surface area (Å²) in [5.74, 6) is -0.0309. The molecule has 31 heavy (non-hydrogen) atoms. The van der Waals surface area contributed by atoms with Crippen LogP contribution < -0.4 is 10.5 Å². The normalized spacial score (nSPS) is 13.2. The van der Waals surface area contributed by atoms with Crippen LogP contribution in [-0.4, -0.2) is 35.4 Å². The van der Waals surface area contributed by atoms with Gasteiger partial charge in [-0.1, -0.05) is 19.9 Å². The number of benzene rings is 2. The van der Waals surface area contributed by atoms with E-state index >= 15 is 0 Å². The minimum atomic E-state index is -0.162. The summed E-state index contributed by atoms with van der Waals surface area (Å²) in [7, 11) is 3.49. The van der Waals surface area contributed by atoms with Crippen LogP contribution in [0.4, 0.5) is 5.69 Å². The van der Waals surface area contributed by atoms with E-state index in [-0.39, 0.29) is 23.3 Å². The second-order valence-electron chi connectivity index (χ2n) is 8.44. The standard InChI is InChI=1S/C25H27N3O3/c1-6-28-22-10-8-16(11-21(22)19(15(2)3)13-23(28)29)24(30)27(5)18-9-7-17-14-26(4)25(31)20(17)12-18/h7-13,15H,6,14H2,1-5H3. The highest BCUT2D eigenvalue weighted by molar-refractivity contribution is 6.08. The van der Waals surface area contributed by atoms with Crippen molar-refractivity contribution in [2.45, 2.75) is 39.8 Å². The molecule has 0 fully saturated rings. The summed E-state index contributed by atoms with van der Waals surface area (Å²) < 4.78 is 1.72. The SMILES string of the molecule is CCn1c(=O)cc(C(C)C)c2cc(C(=O)N(C)c3ccc4c(c3)C(=O)N(C)C4)ccc21. The Morgan fingerprint density at radius 2 is 1.84 bits per heavy atom. The smallest absolute Gasteiger partial charge is 0.258 e. The first-order valence-corrected chi connectivity index (χ1v) is 10.6. The van der Waals surface area contributed by atoms with Crippen LogP contribution in [0.3, 0.4) is 0 Å². The molecule has 2 amide bonds. The van der Waals surface area contributed by atoms with Crippen molar-refractivity contribution >= 4 is 28.4 Å². The zero-order valence-corrected chi connectivity index (χ0v) is 18.6. The Morgan fingerprint density at radius 1 is 1.10 bits per heavy atom. The van der Waals surface area contributed by atoms with Gasteiger partial charge in [-0.15, -0.1) is 0 Å². The zero-order valence-electron chi connectivity index (χ0n) is 18.6. The van der Waals surface area contributed by atoms with E-state index in [1.54, 1.807) is 46.7 Å². The molecule has 0 aliphatic carbocycles. The first kappa shape index (κ1) is 20.8.